The van der Waals surface area contributed by atoms with E-state index in [1.54, 1.807) is 0 Å². The third-order valence-electron chi connectivity index (χ3n) is 5.48. The number of fused-ring (bicyclic) bond motifs is 1. The lowest BCUT2D eigenvalue weighted by Crippen LogP contribution is -2.10. The van der Waals surface area contributed by atoms with Gasteiger partial charge in [-0.25, -0.2) is 4.99 Å². The maximum atomic E-state index is 11.1. The zero-order valence-electron chi connectivity index (χ0n) is 19.0. The van der Waals surface area contributed by atoms with Gasteiger partial charge in [0, 0.05) is 28.4 Å². The summed E-state index contributed by atoms with van der Waals surface area (Å²) < 4.78 is 0.901. The lowest BCUT2D eigenvalue weighted by atomic mass is 9.97. The van der Waals surface area contributed by atoms with Crippen LogP contribution in [0.15, 0.2) is 76.2 Å². The number of aliphatic imine (C=N–C) groups is 1. The molecule has 0 fully saturated rings. The number of nitrogens with one attached hydrogen (secondary N) is 1. The highest BCUT2D eigenvalue weighted by molar-refractivity contribution is 9.10. The maximum Gasteiger partial charge on any atom is 0.303 e. The minimum absolute atomic E-state index is 0.0343. The Labute approximate surface area is 206 Å². The molecule has 3 N–H and O–H groups in total. The molecule has 0 aliphatic heterocycles. The van der Waals surface area contributed by atoms with Gasteiger partial charge in [-0.1, -0.05) is 52.3 Å². The Bertz CT molecular complexity index is 1360. The van der Waals surface area contributed by atoms with Gasteiger partial charge in [0.1, 0.15) is 0 Å². The summed E-state index contributed by atoms with van der Waals surface area (Å²) in [5, 5.41) is 20.8. The van der Waals surface area contributed by atoms with E-state index in [2.05, 4.69) is 25.8 Å². The van der Waals surface area contributed by atoms with Crippen molar-refractivity contribution >= 4 is 44.2 Å². The number of aromatic nitrogens is 1. The summed E-state index contributed by atoms with van der Waals surface area (Å²) in [7, 11) is 4.05. The molecule has 34 heavy (non-hydrogen) atoms. The summed E-state index contributed by atoms with van der Waals surface area (Å²) in [5.74, 6) is -0.802. The van der Waals surface area contributed by atoms with Crippen LogP contribution in [0, 0.1) is 0 Å². The topological polar surface area (TPSA) is 88.9 Å². The highest BCUT2D eigenvalue weighted by Gasteiger charge is 2.19. The van der Waals surface area contributed by atoms with Gasteiger partial charge in [0.25, 0.3) is 0 Å². The summed E-state index contributed by atoms with van der Waals surface area (Å²) in [6, 6.07) is 21.5. The fourth-order valence-electron chi connectivity index (χ4n) is 3.96. The number of rotatable bonds is 8. The number of aromatic amines is 1. The second-order valence-electron chi connectivity index (χ2n) is 8.50. The molecule has 0 saturated carbocycles. The fraction of sp³-hybridized carbons (Fsp3) is 0.185. The number of H-pyrrole nitrogens is 1. The molecule has 4 aromatic rings. The SMILES string of the molecule is CN(C)Cc1ccc(N=C(c2cccc(CCC(=O)O)c2)c2c(O)[nH]c3cc(Br)ccc23)cc1. The van der Waals surface area contributed by atoms with Crippen molar-refractivity contribution in [2.24, 2.45) is 4.99 Å². The van der Waals surface area contributed by atoms with Gasteiger partial charge >= 0.3 is 5.97 Å². The molecule has 174 valence electrons. The van der Waals surface area contributed by atoms with Gasteiger partial charge < -0.3 is 20.1 Å². The van der Waals surface area contributed by atoms with Crippen molar-refractivity contribution < 1.29 is 15.0 Å². The third-order valence-corrected chi connectivity index (χ3v) is 5.97. The Morgan fingerprint density at radius 2 is 1.79 bits per heavy atom. The van der Waals surface area contributed by atoms with Crippen LogP contribution >= 0.6 is 15.9 Å². The third kappa shape index (κ3) is 5.55. The van der Waals surface area contributed by atoms with Crippen LogP contribution in [0.25, 0.3) is 10.9 Å². The highest BCUT2D eigenvalue weighted by Crippen LogP contribution is 2.33. The van der Waals surface area contributed by atoms with Crippen LogP contribution in [-0.2, 0) is 17.8 Å². The van der Waals surface area contributed by atoms with E-state index in [0.29, 0.717) is 17.7 Å². The van der Waals surface area contributed by atoms with Crippen LogP contribution in [0.2, 0.25) is 0 Å². The average Bonchev–Trinajstić information content (AvgIpc) is 3.11. The van der Waals surface area contributed by atoms with E-state index in [4.69, 9.17) is 10.1 Å². The molecule has 0 aliphatic rings. The first-order valence-electron chi connectivity index (χ1n) is 10.9. The van der Waals surface area contributed by atoms with Crippen LogP contribution in [0.5, 0.6) is 5.88 Å². The normalized spacial score (nSPS) is 11.9. The van der Waals surface area contributed by atoms with Crippen LogP contribution in [0.1, 0.15) is 28.7 Å². The highest BCUT2D eigenvalue weighted by atomic mass is 79.9. The van der Waals surface area contributed by atoms with E-state index in [1.165, 1.54) is 5.56 Å². The summed E-state index contributed by atoms with van der Waals surface area (Å²) >= 11 is 3.48. The van der Waals surface area contributed by atoms with Crippen molar-refractivity contribution in [1.29, 1.82) is 0 Å². The minimum Gasteiger partial charge on any atom is -0.494 e. The second-order valence-corrected chi connectivity index (χ2v) is 9.41. The van der Waals surface area contributed by atoms with Gasteiger partial charge in [-0.2, -0.15) is 0 Å². The number of aromatic hydroxyl groups is 1. The number of halogens is 1. The average molecular weight is 520 g/mol. The summed E-state index contributed by atoms with van der Waals surface area (Å²) in [4.78, 5) is 21.2. The Kier molecular flexibility index (Phi) is 7.14. The number of aliphatic carboxylic acids is 1. The monoisotopic (exact) mass is 519 g/mol. The van der Waals surface area contributed by atoms with E-state index < -0.39 is 5.97 Å². The molecule has 0 amide bonds. The lowest BCUT2D eigenvalue weighted by Gasteiger charge is -2.11. The number of carboxylic acids is 1. The zero-order valence-corrected chi connectivity index (χ0v) is 20.6. The van der Waals surface area contributed by atoms with Crippen molar-refractivity contribution in [2.45, 2.75) is 19.4 Å². The van der Waals surface area contributed by atoms with Gasteiger partial charge in [-0.15, -0.1) is 0 Å². The Morgan fingerprint density at radius 3 is 2.50 bits per heavy atom. The standard InChI is InChI=1S/C27H26BrN3O3/c1-31(2)16-18-6-10-21(11-7-18)29-26(19-5-3-4-17(14-19)8-13-24(32)33)25-22-12-9-20(28)15-23(22)30-27(25)34/h3-7,9-12,14-15,30,34H,8,13,16H2,1-2H3,(H,32,33). The molecule has 4 rings (SSSR count). The number of nitrogens with zero attached hydrogens (tertiary/aromatic N) is 2. The predicted octanol–water partition coefficient (Wildman–Crippen LogP) is 5.88. The Hall–Kier alpha value is -3.42. The van der Waals surface area contributed by atoms with E-state index in [1.807, 2.05) is 80.8 Å². The van der Waals surface area contributed by atoms with Crippen molar-refractivity contribution in [3.8, 4) is 5.88 Å². The quantitative estimate of drug-likeness (QED) is 0.253. The van der Waals surface area contributed by atoms with Crippen LogP contribution < -0.4 is 0 Å². The van der Waals surface area contributed by atoms with Crippen molar-refractivity contribution in [2.75, 3.05) is 14.1 Å². The van der Waals surface area contributed by atoms with Crippen LogP contribution in [0.4, 0.5) is 5.69 Å². The number of hydrogen-bond acceptors (Lipinski definition) is 4. The van der Waals surface area contributed by atoms with Crippen molar-refractivity contribution in [3.05, 3.63) is 93.5 Å². The number of hydrogen-bond donors (Lipinski definition) is 3. The molecule has 1 heterocycles. The molecule has 0 spiro atoms. The molecule has 3 aromatic carbocycles. The van der Waals surface area contributed by atoms with Gasteiger partial charge in [-0.05, 0) is 62.0 Å². The zero-order chi connectivity index (χ0) is 24.2. The van der Waals surface area contributed by atoms with Crippen LogP contribution in [-0.4, -0.2) is 45.9 Å². The Balaban J connectivity index is 1.84. The molecule has 0 aliphatic carbocycles. The minimum atomic E-state index is -0.836. The van der Waals surface area contributed by atoms with Crippen molar-refractivity contribution in [3.63, 3.8) is 0 Å². The van der Waals surface area contributed by atoms with E-state index in [-0.39, 0.29) is 12.3 Å². The van der Waals surface area contributed by atoms with Crippen LogP contribution in [0.3, 0.4) is 0 Å². The first-order valence-corrected chi connectivity index (χ1v) is 11.7. The number of carbonyl (C=O) groups is 1. The predicted molar refractivity (Wildman–Crippen MR) is 139 cm³/mol. The molecule has 0 atom stereocenters. The fourth-order valence-corrected chi connectivity index (χ4v) is 4.32. The molecular formula is C27H26BrN3O3. The summed E-state index contributed by atoms with van der Waals surface area (Å²) in [6.07, 6.45) is 0.470. The molecule has 6 nitrogen and oxygen atoms in total. The first-order chi connectivity index (χ1) is 16.3. The number of aryl methyl sites for hydroxylation is 1. The molecule has 1 aromatic heterocycles. The van der Waals surface area contributed by atoms with Gasteiger partial charge in [0.2, 0.25) is 0 Å². The van der Waals surface area contributed by atoms with Gasteiger partial charge in [0.05, 0.1) is 22.5 Å². The lowest BCUT2D eigenvalue weighted by molar-refractivity contribution is -0.136. The van der Waals surface area contributed by atoms with Crippen molar-refractivity contribution in [1.82, 2.24) is 9.88 Å². The Morgan fingerprint density at radius 1 is 1.03 bits per heavy atom. The van der Waals surface area contributed by atoms with E-state index >= 15 is 0 Å². The van der Waals surface area contributed by atoms with E-state index in [0.717, 1.165) is 38.7 Å². The first kappa shape index (κ1) is 23.7. The smallest absolute Gasteiger partial charge is 0.303 e. The van der Waals surface area contributed by atoms with Gasteiger partial charge in [0.15, 0.2) is 5.88 Å². The largest absolute Gasteiger partial charge is 0.494 e. The second kappa shape index (κ2) is 10.2. The molecule has 0 saturated heterocycles. The van der Waals surface area contributed by atoms with Gasteiger partial charge in [-0.3, -0.25) is 4.79 Å². The molecule has 0 bridgehead atoms. The summed E-state index contributed by atoms with van der Waals surface area (Å²) in [5.41, 5.74) is 5.66. The molecule has 0 unspecified atom stereocenters. The molecule has 7 heteroatoms. The molecular weight excluding hydrogens is 494 g/mol. The number of carboxylic acid groups (broad SMARTS) is 1. The summed E-state index contributed by atoms with van der Waals surface area (Å²) in [6.45, 7) is 0.834. The number of benzene rings is 3. The van der Waals surface area contributed by atoms with E-state index in [9.17, 15) is 9.90 Å². The molecule has 0 radical (unpaired) electrons. The maximum absolute atomic E-state index is 11.1.